The molecule has 0 radical (unpaired) electrons. The number of carbonyl (C=O) groups excluding carboxylic acids is 1. The standard InChI is InChI=1S/C15H26N2O2S/c1-10(2)14(7-8-18)17-15(19)16-11(3)9-13-6-5-12(4)20-13/h5-6,10-11,14,18H,7-9H2,1-4H3,(H2,16,17,19). The Bertz CT molecular complexity index is 418. The summed E-state index contributed by atoms with van der Waals surface area (Å²) >= 11 is 1.77. The van der Waals surface area contributed by atoms with Gasteiger partial charge in [0, 0.05) is 34.9 Å². The number of aliphatic hydroxyl groups is 1. The molecule has 0 bridgehead atoms. The lowest BCUT2D eigenvalue weighted by Gasteiger charge is -2.23. The minimum atomic E-state index is -0.155. The molecule has 2 unspecified atom stereocenters. The fraction of sp³-hybridized carbons (Fsp3) is 0.667. The molecule has 0 saturated carbocycles. The molecule has 1 aromatic rings. The van der Waals surface area contributed by atoms with Gasteiger partial charge in [0.2, 0.25) is 0 Å². The highest BCUT2D eigenvalue weighted by molar-refractivity contribution is 7.11. The second-order valence-corrected chi connectivity index (χ2v) is 6.97. The molecule has 2 amide bonds. The first-order valence-corrected chi connectivity index (χ1v) is 7.97. The zero-order valence-electron chi connectivity index (χ0n) is 12.8. The number of carbonyl (C=O) groups is 1. The predicted octanol–water partition coefficient (Wildman–Crippen LogP) is 2.69. The summed E-state index contributed by atoms with van der Waals surface area (Å²) in [6.45, 7) is 8.26. The highest BCUT2D eigenvalue weighted by atomic mass is 32.1. The Kier molecular flexibility index (Phi) is 7.02. The van der Waals surface area contributed by atoms with Crippen molar-refractivity contribution in [1.82, 2.24) is 10.6 Å². The monoisotopic (exact) mass is 298 g/mol. The van der Waals surface area contributed by atoms with Crippen molar-refractivity contribution in [3.63, 3.8) is 0 Å². The van der Waals surface area contributed by atoms with Gasteiger partial charge in [0.05, 0.1) is 0 Å². The number of hydrogen-bond donors (Lipinski definition) is 3. The van der Waals surface area contributed by atoms with Gasteiger partial charge in [0.15, 0.2) is 0 Å². The minimum absolute atomic E-state index is 0.0104. The number of aliphatic hydroxyl groups excluding tert-OH is 1. The van der Waals surface area contributed by atoms with Gasteiger partial charge in [-0.2, -0.15) is 0 Å². The Morgan fingerprint density at radius 2 is 2.00 bits per heavy atom. The Labute approximate surface area is 125 Å². The van der Waals surface area contributed by atoms with E-state index in [0.29, 0.717) is 12.3 Å². The van der Waals surface area contributed by atoms with Gasteiger partial charge in [-0.25, -0.2) is 4.79 Å². The largest absolute Gasteiger partial charge is 0.396 e. The van der Waals surface area contributed by atoms with Crippen LogP contribution in [-0.2, 0) is 6.42 Å². The van der Waals surface area contributed by atoms with Crippen molar-refractivity contribution in [2.75, 3.05) is 6.61 Å². The average molecular weight is 298 g/mol. The van der Waals surface area contributed by atoms with E-state index in [1.165, 1.54) is 9.75 Å². The molecule has 1 heterocycles. The molecule has 0 saturated heterocycles. The third-order valence-electron chi connectivity index (χ3n) is 3.24. The Balaban J connectivity index is 2.40. The second-order valence-electron chi connectivity index (χ2n) is 5.60. The maximum absolute atomic E-state index is 11.9. The Morgan fingerprint density at radius 3 is 2.50 bits per heavy atom. The Morgan fingerprint density at radius 1 is 1.30 bits per heavy atom. The summed E-state index contributed by atoms with van der Waals surface area (Å²) in [6.07, 6.45) is 1.43. The molecule has 0 aliphatic heterocycles. The smallest absolute Gasteiger partial charge is 0.315 e. The van der Waals surface area contributed by atoms with E-state index >= 15 is 0 Å². The molecule has 0 spiro atoms. The molecule has 0 fully saturated rings. The fourth-order valence-electron chi connectivity index (χ4n) is 2.09. The van der Waals surface area contributed by atoms with Crippen LogP contribution >= 0.6 is 11.3 Å². The van der Waals surface area contributed by atoms with Gasteiger partial charge in [-0.05, 0) is 38.3 Å². The van der Waals surface area contributed by atoms with E-state index in [1.807, 2.05) is 20.8 Å². The third kappa shape index (κ3) is 5.92. The molecule has 5 heteroatoms. The van der Waals surface area contributed by atoms with Crippen LogP contribution in [0, 0.1) is 12.8 Å². The van der Waals surface area contributed by atoms with E-state index in [1.54, 1.807) is 11.3 Å². The van der Waals surface area contributed by atoms with Crippen molar-refractivity contribution in [2.45, 2.75) is 52.6 Å². The summed E-state index contributed by atoms with van der Waals surface area (Å²) in [6, 6.07) is 4.16. The predicted molar refractivity (Wildman–Crippen MR) is 84.2 cm³/mol. The highest BCUT2D eigenvalue weighted by Crippen LogP contribution is 2.16. The van der Waals surface area contributed by atoms with Crippen LogP contribution in [-0.4, -0.2) is 29.8 Å². The molecule has 0 aromatic carbocycles. The van der Waals surface area contributed by atoms with E-state index in [2.05, 4.69) is 29.7 Å². The molecule has 2 atom stereocenters. The zero-order valence-corrected chi connectivity index (χ0v) is 13.6. The number of aryl methyl sites for hydroxylation is 1. The summed E-state index contributed by atoms with van der Waals surface area (Å²) in [5.74, 6) is 0.308. The second kappa shape index (κ2) is 8.27. The SMILES string of the molecule is Cc1ccc(CC(C)NC(=O)NC(CCO)C(C)C)s1. The van der Waals surface area contributed by atoms with Crippen LogP contribution < -0.4 is 10.6 Å². The molecule has 1 aromatic heterocycles. The zero-order chi connectivity index (χ0) is 15.1. The molecular weight excluding hydrogens is 272 g/mol. The first-order valence-electron chi connectivity index (χ1n) is 7.15. The van der Waals surface area contributed by atoms with E-state index in [-0.39, 0.29) is 24.7 Å². The number of hydrogen-bond acceptors (Lipinski definition) is 3. The van der Waals surface area contributed by atoms with Crippen LogP contribution in [0.5, 0.6) is 0 Å². The number of urea groups is 1. The molecule has 0 aliphatic carbocycles. The minimum Gasteiger partial charge on any atom is -0.396 e. The molecule has 3 N–H and O–H groups in total. The molecule has 4 nitrogen and oxygen atoms in total. The van der Waals surface area contributed by atoms with Gasteiger partial charge in [-0.15, -0.1) is 11.3 Å². The van der Waals surface area contributed by atoms with Crippen LogP contribution in [0.1, 0.15) is 36.9 Å². The van der Waals surface area contributed by atoms with Crippen LogP contribution in [0.15, 0.2) is 12.1 Å². The normalized spacial score (nSPS) is 14.1. The third-order valence-corrected chi connectivity index (χ3v) is 4.27. The summed E-state index contributed by atoms with van der Waals surface area (Å²) in [7, 11) is 0. The summed E-state index contributed by atoms with van der Waals surface area (Å²) in [5, 5.41) is 14.9. The van der Waals surface area contributed by atoms with Crippen molar-refractivity contribution in [1.29, 1.82) is 0 Å². The first-order chi connectivity index (χ1) is 9.42. The number of thiophene rings is 1. The molecule has 1 rings (SSSR count). The van der Waals surface area contributed by atoms with Crippen molar-refractivity contribution in [3.8, 4) is 0 Å². The quantitative estimate of drug-likeness (QED) is 0.725. The van der Waals surface area contributed by atoms with Crippen molar-refractivity contribution in [2.24, 2.45) is 5.92 Å². The van der Waals surface area contributed by atoms with Gasteiger partial charge in [0.1, 0.15) is 0 Å². The summed E-state index contributed by atoms with van der Waals surface area (Å²) in [5.41, 5.74) is 0. The lowest BCUT2D eigenvalue weighted by Crippen LogP contribution is -2.48. The molecular formula is C15H26N2O2S. The van der Waals surface area contributed by atoms with E-state index in [9.17, 15) is 4.79 Å². The Hall–Kier alpha value is -1.07. The lowest BCUT2D eigenvalue weighted by atomic mass is 10.0. The number of rotatable bonds is 7. The summed E-state index contributed by atoms with van der Waals surface area (Å²) < 4.78 is 0. The van der Waals surface area contributed by atoms with Crippen LogP contribution in [0.3, 0.4) is 0 Å². The van der Waals surface area contributed by atoms with E-state index in [4.69, 9.17) is 5.11 Å². The van der Waals surface area contributed by atoms with E-state index < -0.39 is 0 Å². The number of nitrogens with one attached hydrogen (secondary N) is 2. The van der Waals surface area contributed by atoms with Crippen molar-refractivity contribution < 1.29 is 9.90 Å². The highest BCUT2D eigenvalue weighted by Gasteiger charge is 2.16. The fourth-order valence-corrected chi connectivity index (χ4v) is 3.11. The topological polar surface area (TPSA) is 61.4 Å². The maximum atomic E-state index is 11.9. The van der Waals surface area contributed by atoms with Crippen molar-refractivity contribution >= 4 is 17.4 Å². The first kappa shape index (κ1) is 17.0. The van der Waals surface area contributed by atoms with Gasteiger partial charge < -0.3 is 15.7 Å². The molecule has 114 valence electrons. The van der Waals surface area contributed by atoms with Crippen LogP contribution in [0.4, 0.5) is 4.79 Å². The molecule has 0 aliphatic rings. The maximum Gasteiger partial charge on any atom is 0.315 e. The number of amides is 2. The van der Waals surface area contributed by atoms with Gasteiger partial charge >= 0.3 is 6.03 Å². The lowest BCUT2D eigenvalue weighted by molar-refractivity contribution is 0.216. The van der Waals surface area contributed by atoms with Crippen LogP contribution in [0.2, 0.25) is 0 Å². The summed E-state index contributed by atoms with van der Waals surface area (Å²) in [4.78, 5) is 14.5. The van der Waals surface area contributed by atoms with Gasteiger partial charge in [0.25, 0.3) is 0 Å². The average Bonchev–Trinajstić information content (AvgIpc) is 2.73. The molecule has 20 heavy (non-hydrogen) atoms. The van der Waals surface area contributed by atoms with Gasteiger partial charge in [-0.1, -0.05) is 13.8 Å². The van der Waals surface area contributed by atoms with E-state index in [0.717, 1.165) is 6.42 Å². The van der Waals surface area contributed by atoms with Gasteiger partial charge in [-0.3, -0.25) is 0 Å². The van der Waals surface area contributed by atoms with Crippen LogP contribution in [0.25, 0.3) is 0 Å². The van der Waals surface area contributed by atoms with Crippen molar-refractivity contribution in [3.05, 3.63) is 21.9 Å².